The Kier molecular flexibility index (Phi) is 5.88. The summed E-state index contributed by atoms with van der Waals surface area (Å²) in [5.41, 5.74) is -2.23. The van der Waals surface area contributed by atoms with E-state index in [2.05, 4.69) is 0 Å². The smallest absolute Gasteiger partial charge is 0.249 e. The van der Waals surface area contributed by atoms with Crippen molar-refractivity contribution in [1.29, 1.82) is 0 Å². The van der Waals surface area contributed by atoms with Crippen LogP contribution < -0.4 is 0 Å². The molecule has 4 aliphatic heterocycles. The van der Waals surface area contributed by atoms with Gasteiger partial charge in [0.05, 0.1) is 30.1 Å². The molecule has 1 spiro atoms. The van der Waals surface area contributed by atoms with Crippen molar-refractivity contribution in [3.8, 4) is 0 Å². The Bertz CT molecular complexity index is 923. The minimum Gasteiger partial charge on any atom is -0.394 e. The van der Waals surface area contributed by atoms with Gasteiger partial charge in [-0.3, -0.25) is 14.4 Å². The quantitative estimate of drug-likeness (QED) is 0.628. The first-order valence-corrected chi connectivity index (χ1v) is 12.8. The van der Waals surface area contributed by atoms with E-state index in [0.29, 0.717) is 19.5 Å². The number of hydrogen-bond acceptors (Lipinski definition) is 5. The molecule has 2 saturated heterocycles. The highest BCUT2D eigenvalue weighted by atomic mass is 16.5. The molecule has 3 fully saturated rings. The molecule has 0 aromatic carbocycles. The fourth-order valence-electron chi connectivity index (χ4n) is 7.13. The predicted molar refractivity (Wildman–Crippen MR) is 126 cm³/mol. The Balaban J connectivity index is 1.64. The third-order valence-corrected chi connectivity index (χ3v) is 8.82. The van der Waals surface area contributed by atoms with Gasteiger partial charge in [0.2, 0.25) is 17.7 Å². The molecule has 5 aliphatic rings. The first kappa shape index (κ1) is 23.5. The van der Waals surface area contributed by atoms with E-state index < -0.39 is 35.1 Å². The van der Waals surface area contributed by atoms with E-state index in [4.69, 9.17) is 4.74 Å². The van der Waals surface area contributed by atoms with E-state index in [-0.39, 0.29) is 30.4 Å². The fourth-order valence-corrected chi connectivity index (χ4v) is 7.13. The highest BCUT2D eigenvalue weighted by Crippen LogP contribution is 2.58. The topological polar surface area (TPSA) is 90.4 Å². The minimum absolute atomic E-state index is 0.121. The molecule has 0 radical (unpaired) electrons. The van der Waals surface area contributed by atoms with E-state index in [9.17, 15) is 19.5 Å². The van der Waals surface area contributed by atoms with Crippen LogP contribution in [0.1, 0.15) is 52.4 Å². The van der Waals surface area contributed by atoms with Crippen LogP contribution in [0.15, 0.2) is 24.3 Å². The second-order valence-corrected chi connectivity index (χ2v) is 10.8. The number of nitrogens with zero attached hydrogens (tertiary/aromatic N) is 3. The summed E-state index contributed by atoms with van der Waals surface area (Å²) in [6.45, 7) is 4.45. The van der Waals surface area contributed by atoms with E-state index in [1.807, 2.05) is 43.1 Å². The van der Waals surface area contributed by atoms with Gasteiger partial charge in [-0.15, -0.1) is 0 Å². The van der Waals surface area contributed by atoms with E-state index >= 15 is 0 Å². The van der Waals surface area contributed by atoms with Crippen LogP contribution in [-0.2, 0) is 19.1 Å². The van der Waals surface area contributed by atoms with E-state index in [1.54, 1.807) is 16.8 Å². The Morgan fingerprint density at radius 2 is 1.74 bits per heavy atom. The maximum atomic E-state index is 14.3. The lowest BCUT2D eigenvalue weighted by molar-refractivity contribution is -0.157. The van der Waals surface area contributed by atoms with Crippen molar-refractivity contribution < 1.29 is 24.2 Å². The van der Waals surface area contributed by atoms with Crippen LogP contribution >= 0.6 is 0 Å². The van der Waals surface area contributed by atoms with Crippen LogP contribution in [0.3, 0.4) is 0 Å². The molecule has 8 nitrogen and oxygen atoms in total. The maximum absolute atomic E-state index is 14.3. The number of likely N-dealkylation sites (N-methyl/N-ethyl adjacent to an activating group) is 1. The van der Waals surface area contributed by atoms with Gasteiger partial charge in [-0.25, -0.2) is 0 Å². The normalized spacial score (nSPS) is 39.1. The molecule has 34 heavy (non-hydrogen) atoms. The number of hydrogen-bond donors (Lipinski definition) is 1. The van der Waals surface area contributed by atoms with Crippen LogP contribution in [0.25, 0.3) is 0 Å². The first-order chi connectivity index (χ1) is 16.3. The highest BCUT2D eigenvalue weighted by Gasteiger charge is 2.75. The summed E-state index contributed by atoms with van der Waals surface area (Å²) in [7, 11) is 1.74. The van der Waals surface area contributed by atoms with Crippen molar-refractivity contribution in [3.05, 3.63) is 24.3 Å². The number of aliphatic hydroxyl groups is 1. The van der Waals surface area contributed by atoms with E-state index in [1.165, 1.54) is 6.42 Å². The Labute approximate surface area is 201 Å². The molecule has 4 heterocycles. The monoisotopic (exact) mass is 471 g/mol. The summed E-state index contributed by atoms with van der Waals surface area (Å²) >= 11 is 0. The van der Waals surface area contributed by atoms with Gasteiger partial charge in [0, 0.05) is 26.2 Å². The van der Waals surface area contributed by atoms with Gasteiger partial charge in [0.1, 0.15) is 11.6 Å². The summed E-state index contributed by atoms with van der Waals surface area (Å²) in [6, 6.07) is -1.26. The molecule has 1 saturated carbocycles. The zero-order chi connectivity index (χ0) is 24.3. The van der Waals surface area contributed by atoms with Gasteiger partial charge in [-0.1, -0.05) is 50.5 Å². The summed E-state index contributed by atoms with van der Waals surface area (Å²) in [4.78, 5) is 47.1. The Morgan fingerprint density at radius 3 is 2.41 bits per heavy atom. The highest BCUT2D eigenvalue weighted by molar-refractivity contribution is 6.00. The average Bonchev–Trinajstić information content (AvgIpc) is 3.10. The lowest BCUT2D eigenvalue weighted by atomic mass is 9.74. The van der Waals surface area contributed by atoms with Crippen molar-refractivity contribution in [3.63, 3.8) is 0 Å². The number of amides is 3. The van der Waals surface area contributed by atoms with Crippen molar-refractivity contribution in [2.24, 2.45) is 11.8 Å². The first-order valence-electron chi connectivity index (χ1n) is 12.8. The molecule has 0 bridgehead atoms. The molecule has 0 aromatic rings. The minimum atomic E-state index is -1.24. The van der Waals surface area contributed by atoms with Crippen molar-refractivity contribution >= 4 is 17.7 Å². The summed E-state index contributed by atoms with van der Waals surface area (Å²) in [5.74, 6) is -2.07. The molecule has 1 unspecified atom stereocenters. The maximum Gasteiger partial charge on any atom is 0.249 e. The summed E-state index contributed by atoms with van der Waals surface area (Å²) in [5, 5.41) is 10.2. The third kappa shape index (κ3) is 3.21. The lowest BCUT2D eigenvalue weighted by Crippen LogP contribution is -2.60. The summed E-state index contributed by atoms with van der Waals surface area (Å²) < 4.78 is 6.78. The van der Waals surface area contributed by atoms with E-state index in [0.717, 1.165) is 25.7 Å². The lowest BCUT2D eigenvalue weighted by Gasteiger charge is -2.42. The largest absolute Gasteiger partial charge is 0.394 e. The third-order valence-electron chi connectivity index (χ3n) is 8.82. The molecule has 186 valence electrons. The van der Waals surface area contributed by atoms with Gasteiger partial charge in [0.25, 0.3) is 0 Å². The number of carbonyl (C=O) groups is 3. The summed E-state index contributed by atoms with van der Waals surface area (Å²) in [6.07, 6.45) is 13.5. The molecular formula is C26H37N3O5. The molecule has 8 heteroatoms. The van der Waals surface area contributed by atoms with Gasteiger partial charge in [-0.05, 0) is 26.2 Å². The Morgan fingerprint density at radius 1 is 1.03 bits per heavy atom. The number of rotatable bonds is 4. The van der Waals surface area contributed by atoms with Crippen LogP contribution in [0.4, 0.5) is 0 Å². The van der Waals surface area contributed by atoms with Gasteiger partial charge < -0.3 is 24.5 Å². The second-order valence-electron chi connectivity index (χ2n) is 10.8. The second kappa shape index (κ2) is 8.48. The number of likely N-dealkylation sites (tertiary alicyclic amines) is 1. The SMILES string of the molecule is CC[C@@H](CO)N1C(=O)[C@@H]2[C@H]3C(=O)N(C)CC=C[C@@]3(C)O[C@@]23C=CCN(C2CCCCC2)C(=O)C13. The van der Waals surface area contributed by atoms with Gasteiger partial charge in [0.15, 0.2) is 0 Å². The zero-order valence-electron chi connectivity index (χ0n) is 20.5. The number of ether oxygens (including phenoxy) is 1. The fraction of sp³-hybridized carbons (Fsp3) is 0.731. The Hall–Kier alpha value is -2.19. The van der Waals surface area contributed by atoms with Crippen LogP contribution in [0, 0.1) is 11.8 Å². The van der Waals surface area contributed by atoms with Gasteiger partial charge >= 0.3 is 0 Å². The molecular weight excluding hydrogens is 434 g/mol. The molecule has 1 N–H and O–H groups in total. The zero-order valence-corrected chi connectivity index (χ0v) is 20.5. The number of aliphatic hydroxyl groups excluding tert-OH is 1. The predicted octanol–water partition coefficient (Wildman–Crippen LogP) is 1.49. The molecule has 6 atom stereocenters. The van der Waals surface area contributed by atoms with Gasteiger partial charge in [-0.2, -0.15) is 0 Å². The number of carbonyl (C=O) groups excluding carboxylic acids is 3. The molecule has 0 aromatic heterocycles. The van der Waals surface area contributed by atoms with Crippen molar-refractivity contribution in [1.82, 2.24) is 14.7 Å². The molecule has 1 aliphatic carbocycles. The molecule has 5 rings (SSSR count). The van der Waals surface area contributed by atoms with Crippen LogP contribution in [0.5, 0.6) is 0 Å². The standard InChI is InChI=1S/C26H37N3O5/c1-4-17(16-30)29-21-24(33)28(18-10-6-5-7-11-18)15-9-13-26(21)20(23(29)32)19-22(31)27(3)14-8-12-25(19,2)34-26/h8-9,12-13,17-21,30H,4-7,10-11,14-16H2,1-3H3/t17-,19-,20-,21?,25+,26-/m0/s1. The van der Waals surface area contributed by atoms with Crippen LogP contribution in [0.2, 0.25) is 0 Å². The average molecular weight is 472 g/mol. The number of fused-ring (bicyclic) bond motifs is 2. The van der Waals surface area contributed by atoms with Crippen molar-refractivity contribution in [2.45, 2.75) is 81.7 Å². The molecule has 3 amide bonds. The van der Waals surface area contributed by atoms with Crippen molar-refractivity contribution in [2.75, 3.05) is 26.7 Å². The van der Waals surface area contributed by atoms with Crippen LogP contribution in [-0.4, -0.2) is 93.6 Å².